The zero-order valence-electron chi connectivity index (χ0n) is 14.4. The molecule has 0 radical (unpaired) electrons. The zero-order chi connectivity index (χ0) is 19.7. The molecule has 27 heavy (non-hydrogen) atoms. The summed E-state index contributed by atoms with van der Waals surface area (Å²) in [6.07, 6.45) is 0. The topological polar surface area (TPSA) is 75.7 Å². The molecule has 0 saturated carbocycles. The number of imide groups is 1. The molecular formula is C19H14Cl2N2O4. The van der Waals surface area contributed by atoms with Crippen LogP contribution in [0.1, 0.15) is 15.9 Å². The third-order valence-electron chi connectivity index (χ3n) is 4.03. The number of carbonyl (C=O) groups is 3. The van der Waals surface area contributed by atoms with Gasteiger partial charge in [-0.1, -0.05) is 35.3 Å². The molecule has 0 fully saturated rings. The minimum absolute atomic E-state index is 0.0771. The Kier molecular flexibility index (Phi) is 5.21. The molecular weight excluding hydrogens is 391 g/mol. The maximum absolute atomic E-state index is 12.9. The molecule has 0 unspecified atom stereocenters. The molecule has 0 aliphatic carbocycles. The van der Waals surface area contributed by atoms with Crippen molar-refractivity contribution in [2.75, 3.05) is 17.3 Å². The Hall–Kier alpha value is -2.83. The molecule has 0 aromatic heterocycles. The predicted octanol–water partition coefficient (Wildman–Crippen LogP) is 3.87. The van der Waals surface area contributed by atoms with Gasteiger partial charge in [-0.15, -0.1) is 0 Å². The van der Waals surface area contributed by atoms with E-state index >= 15 is 0 Å². The summed E-state index contributed by atoms with van der Waals surface area (Å²) in [7, 11) is 1.22. The van der Waals surface area contributed by atoms with Crippen molar-refractivity contribution in [2.45, 2.75) is 6.92 Å². The van der Waals surface area contributed by atoms with Gasteiger partial charge in [-0.3, -0.25) is 9.59 Å². The van der Waals surface area contributed by atoms with Gasteiger partial charge in [0.1, 0.15) is 10.7 Å². The van der Waals surface area contributed by atoms with Gasteiger partial charge in [0.25, 0.3) is 11.8 Å². The Labute approximate surface area is 165 Å². The highest BCUT2D eigenvalue weighted by Gasteiger charge is 2.40. The van der Waals surface area contributed by atoms with Gasteiger partial charge in [0.2, 0.25) is 0 Å². The van der Waals surface area contributed by atoms with Crippen molar-refractivity contribution in [3.8, 4) is 0 Å². The van der Waals surface area contributed by atoms with Crippen molar-refractivity contribution >= 4 is 52.4 Å². The quantitative estimate of drug-likeness (QED) is 0.618. The number of carbonyl (C=O) groups excluding carboxylic acids is 3. The van der Waals surface area contributed by atoms with E-state index < -0.39 is 17.8 Å². The van der Waals surface area contributed by atoms with E-state index in [9.17, 15) is 14.4 Å². The number of para-hydroxylation sites is 1. The van der Waals surface area contributed by atoms with Crippen molar-refractivity contribution in [2.24, 2.45) is 0 Å². The summed E-state index contributed by atoms with van der Waals surface area (Å²) in [4.78, 5) is 38.4. The standard InChI is InChI=1S/C19H14Cl2N2O4/c1-10-9-11(20)7-8-13(10)22-16-15(21)17(24)23(18(16)25)14-6-4-3-5-12(14)19(26)27-2/h3-9,22H,1-2H3. The second-order valence-electron chi connectivity index (χ2n) is 5.73. The number of methoxy groups -OCH3 is 1. The van der Waals surface area contributed by atoms with E-state index in [1.165, 1.54) is 19.2 Å². The lowest BCUT2D eigenvalue weighted by Gasteiger charge is -2.18. The largest absolute Gasteiger partial charge is 0.465 e. The number of amides is 2. The Morgan fingerprint density at radius 3 is 2.44 bits per heavy atom. The van der Waals surface area contributed by atoms with Crippen LogP contribution >= 0.6 is 23.2 Å². The van der Waals surface area contributed by atoms with E-state index in [-0.39, 0.29) is 22.0 Å². The summed E-state index contributed by atoms with van der Waals surface area (Å²) in [5.74, 6) is -2.07. The van der Waals surface area contributed by atoms with Crippen LogP contribution in [0.25, 0.3) is 0 Å². The molecule has 8 heteroatoms. The van der Waals surface area contributed by atoms with E-state index in [1.54, 1.807) is 37.3 Å². The molecule has 2 aromatic carbocycles. The average Bonchev–Trinajstić information content (AvgIpc) is 2.86. The van der Waals surface area contributed by atoms with Crippen LogP contribution in [0.3, 0.4) is 0 Å². The normalized spacial score (nSPS) is 14.0. The molecule has 0 saturated heterocycles. The number of nitrogens with zero attached hydrogens (tertiary/aromatic N) is 1. The first-order chi connectivity index (χ1) is 12.8. The Balaban J connectivity index is 1.99. The highest BCUT2D eigenvalue weighted by atomic mass is 35.5. The molecule has 0 spiro atoms. The number of esters is 1. The minimum Gasteiger partial charge on any atom is -0.465 e. The SMILES string of the molecule is COC(=O)c1ccccc1N1C(=O)C(Cl)=C(Nc2ccc(Cl)cc2C)C1=O. The zero-order valence-corrected chi connectivity index (χ0v) is 15.9. The van der Waals surface area contributed by atoms with E-state index in [0.29, 0.717) is 10.7 Å². The van der Waals surface area contributed by atoms with Crippen molar-refractivity contribution in [1.82, 2.24) is 0 Å². The molecule has 2 amide bonds. The fourth-order valence-corrected chi connectivity index (χ4v) is 3.12. The van der Waals surface area contributed by atoms with E-state index in [2.05, 4.69) is 5.32 Å². The van der Waals surface area contributed by atoms with Gasteiger partial charge in [-0.05, 0) is 42.8 Å². The number of halogens is 2. The van der Waals surface area contributed by atoms with Crippen LogP contribution in [-0.4, -0.2) is 24.9 Å². The number of benzene rings is 2. The fourth-order valence-electron chi connectivity index (χ4n) is 2.68. The lowest BCUT2D eigenvalue weighted by atomic mass is 10.1. The molecule has 1 heterocycles. The molecule has 6 nitrogen and oxygen atoms in total. The van der Waals surface area contributed by atoms with Gasteiger partial charge < -0.3 is 10.1 Å². The summed E-state index contributed by atoms with van der Waals surface area (Å²) >= 11 is 12.1. The third-order valence-corrected chi connectivity index (χ3v) is 4.61. The number of aryl methyl sites for hydroxylation is 1. The molecule has 2 aromatic rings. The molecule has 1 aliphatic rings. The smallest absolute Gasteiger partial charge is 0.339 e. The van der Waals surface area contributed by atoms with E-state index in [4.69, 9.17) is 27.9 Å². The van der Waals surface area contributed by atoms with Crippen LogP contribution in [0.2, 0.25) is 5.02 Å². The Bertz CT molecular complexity index is 1000. The monoisotopic (exact) mass is 404 g/mol. The first-order valence-corrected chi connectivity index (χ1v) is 8.59. The number of anilines is 2. The summed E-state index contributed by atoms with van der Waals surface area (Å²) in [6, 6.07) is 11.2. The fraction of sp³-hybridized carbons (Fsp3) is 0.105. The van der Waals surface area contributed by atoms with Gasteiger partial charge in [-0.2, -0.15) is 0 Å². The first kappa shape index (κ1) is 18.9. The summed E-state index contributed by atoms with van der Waals surface area (Å²) in [5, 5.41) is 3.16. The summed E-state index contributed by atoms with van der Waals surface area (Å²) < 4.78 is 4.72. The molecule has 0 atom stereocenters. The maximum Gasteiger partial charge on any atom is 0.339 e. The lowest BCUT2D eigenvalue weighted by Crippen LogP contribution is -2.33. The van der Waals surface area contributed by atoms with Crippen LogP contribution in [-0.2, 0) is 14.3 Å². The van der Waals surface area contributed by atoms with Gasteiger partial charge in [0.15, 0.2) is 0 Å². The number of ether oxygens (including phenoxy) is 1. The second-order valence-corrected chi connectivity index (χ2v) is 6.54. The molecule has 0 bridgehead atoms. The highest BCUT2D eigenvalue weighted by Crippen LogP contribution is 2.33. The molecule has 3 rings (SSSR count). The van der Waals surface area contributed by atoms with Gasteiger partial charge in [0, 0.05) is 10.7 Å². The first-order valence-electron chi connectivity index (χ1n) is 7.84. The van der Waals surface area contributed by atoms with Crippen LogP contribution in [0, 0.1) is 6.92 Å². The van der Waals surface area contributed by atoms with E-state index in [0.717, 1.165) is 10.5 Å². The number of rotatable bonds is 4. The van der Waals surface area contributed by atoms with Gasteiger partial charge >= 0.3 is 5.97 Å². The average molecular weight is 405 g/mol. The summed E-state index contributed by atoms with van der Waals surface area (Å²) in [6.45, 7) is 1.80. The highest BCUT2D eigenvalue weighted by molar-refractivity contribution is 6.53. The van der Waals surface area contributed by atoms with Crippen molar-refractivity contribution in [3.05, 3.63) is 69.3 Å². The number of hydrogen-bond donors (Lipinski definition) is 1. The molecule has 1 N–H and O–H groups in total. The summed E-state index contributed by atoms with van der Waals surface area (Å²) in [5.41, 5.74) is 1.45. The lowest BCUT2D eigenvalue weighted by molar-refractivity contribution is -0.120. The van der Waals surface area contributed by atoms with Crippen LogP contribution in [0.15, 0.2) is 53.2 Å². The van der Waals surface area contributed by atoms with Crippen LogP contribution < -0.4 is 10.2 Å². The predicted molar refractivity (Wildman–Crippen MR) is 103 cm³/mol. The van der Waals surface area contributed by atoms with Crippen molar-refractivity contribution < 1.29 is 19.1 Å². The van der Waals surface area contributed by atoms with Gasteiger partial charge in [-0.25, -0.2) is 9.69 Å². The van der Waals surface area contributed by atoms with Gasteiger partial charge in [0.05, 0.1) is 18.4 Å². The molecule has 1 aliphatic heterocycles. The van der Waals surface area contributed by atoms with Crippen LogP contribution in [0.5, 0.6) is 0 Å². The third kappa shape index (κ3) is 3.41. The maximum atomic E-state index is 12.9. The Morgan fingerprint density at radius 1 is 1.07 bits per heavy atom. The van der Waals surface area contributed by atoms with Crippen LogP contribution in [0.4, 0.5) is 11.4 Å². The van der Waals surface area contributed by atoms with Crippen molar-refractivity contribution in [1.29, 1.82) is 0 Å². The number of nitrogens with one attached hydrogen (secondary N) is 1. The number of hydrogen-bond acceptors (Lipinski definition) is 5. The molecule has 138 valence electrons. The Morgan fingerprint density at radius 2 is 1.78 bits per heavy atom. The van der Waals surface area contributed by atoms with Crippen molar-refractivity contribution in [3.63, 3.8) is 0 Å². The minimum atomic E-state index is -0.730. The second kappa shape index (κ2) is 7.42. The van der Waals surface area contributed by atoms with E-state index in [1.807, 2.05) is 0 Å².